The molecular formula is C16H24N2O2S. The van der Waals surface area contributed by atoms with Crippen LogP contribution >= 0.6 is 11.8 Å². The topological polar surface area (TPSA) is 55.6 Å². The number of carbonyl (C=O) groups is 1. The molecule has 1 aliphatic rings. The van der Waals surface area contributed by atoms with Crippen molar-refractivity contribution in [3.63, 3.8) is 0 Å². The number of hydrogen-bond donors (Lipinski definition) is 1. The zero-order chi connectivity index (χ0) is 15.5. The third-order valence-corrected chi connectivity index (χ3v) is 4.48. The number of nitrogens with two attached hydrogens (primary N) is 1. The van der Waals surface area contributed by atoms with E-state index in [9.17, 15) is 4.79 Å². The van der Waals surface area contributed by atoms with Crippen molar-refractivity contribution < 1.29 is 9.53 Å². The monoisotopic (exact) mass is 308 g/mol. The number of rotatable bonds is 2. The van der Waals surface area contributed by atoms with E-state index in [1.54, 1.807) is 0 Å². The number of likely N-dealkylation sites (tertiary alicyclic amines) is 1. The molecule has 1 atom stereocenters. The van der Waals surface area contributed by atoms with Crippen LogP contribution in [0.3, 0.4) is 0 Å². The molecule has 4 nitrogen and oxygen atoms in total. The number of hydrogen-bond acceptors (Lipinski definition) is 4. The average Bonchev–Trinajstić information content (AvgIpc) is 2.40. The maximum absolute atomic E-state index is 12.1. The minimum atomic E-state index is -0.436. The van der Waals surface area contributed by atoms with Crippen molar-refractivity contribution in [3.05, 3.63) is 24.3 Å². The number of thioether (sulfide) groups is 1. The van der Waals surface area contributed by atoms with E-state index >= 15 is 0 Å². The lowest BCUT2D eigenvalue weighted by molar-refractivity contribution is 0.0220. The molecule has 1 fully saturated rings. The molecule has 1 heterocycles. The molecule has 5 heteroatoms. The Bertz CT molecular complexity index is 482. The second kappa shape index (κ2) is 6.60. The van der Waals surface area contributed by atoms with Gasteiger partial charge < -0.3 is 15.4 Å². The molecule has 1 aromatic carbocycles. The van der Waals surface area contributed by atoms with Crippen LogP contribution in [0.2, 0.25) is 0 Å². The van der Waals surface area contributed by atoms with E-state index in [1.807, 2.05) is 61.7 Å². The van der Waals surface area contributed by atoms with Crippen LogP contribution in [0.4, 0.5) is 10.5 Å². The molecular weight excluding hydrogens is 284 g/mol. The molecule has 1 amide bonds. The highest BCUT2D eigenvalue weighted by Gasteiger charge is 2.27. The molecule has 0 aliphatic carbocycles. The number of nitrogen functional groups attached to an aromatic ring is 1. The third kappa shape index (κ3) is 5.16. The summed E-state index contributed by atoms with van der Waals surface area (Å²) in [5.41, 5.74) is 6.04. The Morgan fingerprint density at radius 3 is 2.62 bits per heavy atom. The predicted octanol–water partition coefficient (Wildman–Crippen LogP) is 3.76. The summed E-state index contributed by atoms with van der Waals surface area (Å²) in [5, 5.41) is 0.412. The Morgan fingerprint density at radius 1 is 1.33 bits per heavy atom. The molecule has 116 valence electrons. The van der Waals surface area contributed by atoms with Gasteiger partial charge in [0.15, 0.2) is 0 Å². The Balaban J connectivity index is 1.91. The van der Waals surface area contributed by atoms with Crippen LogP contribution in [0.1, 0.15) is 33.6 Å². The van der Waals surface area contributed by atoms with Gasteiger partial charge in [0.1, 0.15) is 5.60 Å². The lowest BCUT2D eigenvalue weighted by atomic mass is 10.1. The van der Waals surface area contributed by atoms with E-state index < -0.39 is 5.60 Å². The molecule has 1 saturated heterocycles. The molecule has 0 bridgehead atoms. The van der Waals surface area contributed by atoms with Crippen LogP contribution in [-0.2, 0) is 4.74 Å². The van der Waals surface area contributed by atoms with Crippen molar-refractivity contribution in [1.82, 2.24) is 4.90 Å². The van der Waals surface area contributed by atoms with E-state index in [-0.39, 0.29) is 6.09 Å². The van der Waals surface area contributed by atoms with E-state index in [4.69, 9.17) is 10.5 Å². The number of piperidine rings is 1. The SMILES string of the molecule is CC(C)(C)OC(=O)N1CCC[C@H](Sc2ccc(N)cc2)C1. The first-order chi connectivity index (χ1) is 9.83. The standard InChI is InChI=1S/C16H24N2O2S/c1-16(2,3)20-15(19)18-10-4-5-14(11-18)21-13-8-6-12(17)7-9-13/h6-9,14H,4-5,10-11,17H2,1-3H3/t14-/m0/s1. The van der Waals surface area contributed by atoms with Gasteiger partial charge in [0, 0.05) is 28.9 Å². The molecule has 1 aromatic rings. The van der Waals surface area contributed by atoms with Gasteiger partial charge in [0.25, 0.3) is 0 Å². The second-order valence-corrected chi connectivity index (χ2v) is 7.75. The summed E-state index contributed by atoms with van der Waals surface area (Å²) < 4.78 is 5.45. The maximum atomic E-state index is 12.1. The molecule has 0 unspecified atom stereocenters. The molecule has 0 saturated carbocycles. The summed E-state index contributed by atoms with van der Waals surface area (Å²) in [6.45, 7) is 7.22. The normalized spacial score (nSPS) is 19.4. The molecule has 1 aliphatic heterocycles. The minimum Gasteiger partial charge on any atom is -0.444 e. The maximum Gasteiger partial charge on any atom is 0.410 e. The lowest BCUT2D eigenvalue weighted by Crippen LogP contribution is -2.43. The van der Waals surface area contributed by atoms with Gasteiger partial charge in [-0.2, -0.15) is 0 Å². The molecule has 0 radical (unpaired) electrons. The quantitative estimate of drug-likeness (QED) is 0.845. The largest absolute Gasteiger partial charge is 0.444 e. The summed E-state index contributed by atoms with van der Waals surface area (Å²) in [4.78, 5) is 15.2. The highest BCUT2D eigenvalue weighted by atomic mass is 32.2. The summed E-state index contributed by atoms with van der Waals surface area (Å²) in [5.74, 6) is 0. The first-order valence-corrected chi connectivity index (χ1v) is 8.21. The van der Waals surface area contributed by atoms with Gasteiger partial charge in [-0.05, 0) is 57.9 Å². The van der Waals surface area contributed by atoms with Gasteiger partial charge in [0.05, 0.1) is 0 Å². The number of nitrogens with zero attached hydrogens (tertiary/aromatic N) is 1. The smallest absolute Gasteiger partial charge is 0.410 e. The number of amides is 1. The molecule has 0 spiro atoms. The second-order valence-electron chi connectivity index (χ2n) is 6.38. The van der Waals surface area contributed by atoms with Crippen LogP contribution < -0.4 is 5.73 Å². The number of benzene rings is 1. The summed E-state index contributed by atoms with van der Waals surface area (Å²) in [6.07, 6.45) is 1.94. The van der Waals surface area contributed by atoms with Crippen LogP contribution in [0.25, 0.3) is 0 Å². The highest BCUT2D eigenvalue weighted by molar-refractivity contribution is 8.00. The van der Waals surface area contributed by atoms with Gasteiger partial charge in [-0.15, -0.1) is 11.8 Å². The number of anilines is 1. The Morgan fingerprint density at radius 2 is 2.00 bits per heavy atom. The molecule has 2 N–H and O–H groups in total. The Hall–Kier alpha value is -1.36. The fourth-order valence-electron chi connectivity index (χ4n) is 2.27. The van der Waals surface area contributed by atoms with Crippen LogP contribution in [0.5, 0.6) is 0 Å². The van der Waals surface area contributed by atoms with Gasteiger partial charge in [-0.3, -0.25) is 0 Å². The van der Waals surface area contributed by atoms with Gasteiger partial charge >= 0.3 is 6.09 Å². The van der Waals surface area contributed by atoms with Gasteiger partial charge in [0.2, 0.25) is 0 Å². The van der Waals surface area contributed by atoms with E-state index in [0.717, 1.165) is 31.6 Å². The Kier molecular flexibility index (Phi) is 5.04. The van der Waals surface area contributed by atoms with Gasteiger partial charge in [-0.25, -0.2) is 4.79 Å². The van der Waals surface area contributed by atoms with Crippen molar-refractivity contribution in [3.8, 4) is 0 Å². The van der Waals surface area contributed by atoms with Crippen molar-refractivity contribution in [2.24, 2.45) is 0 Å². The minimum absolute atomic E-state index is 0.204. The van der Waals surface area contributed by atoms with E-state index in [0.29, 0.717) is 5.25 Å². The summed E-state index contributed by atoms with van der Waals surface area (Å²) >= 11 is 1.81. The molecule has 21 heavy (non-hydrogen) atoms. The first-order valence-electron chi connectivity index (χ1n) is 7.33. The van der Waals surface area contributed by atoms with Crippen molar-refractivity contribution in [2.75, 3.05) is 18.8 Å². The lowest BCUT2D eigenvalue weighted by Gasteiger charge is -2.33. The van der Waals surface area contributed by atoms with E-state index in [2.05, 4.69) is 0 Å². The number of ether oxygens (including phenoxy) is 1. The predicted molar refractivity (Wildman–Crippen MR) is 87.5 cm³/mol. The third-order valence-electron chi connectivity index (χ3n) is 3.21. The first kappa shape index (κ1) is 16.0. The van der Waals surface area contributed by atoms with Gasteiger partial charge in [-0.1, -0.05) is 0 Å². The zero-order valence-electron chi connectivity index (χ0n) is 13.0. The average molecular weight is 308 g/mol. The van der Waals surface area contributed by atoms with Crippen molar-refractivity contribution >= 4 is 23.5 Å². The molecule has 0 aromatic heterocycles. The zero-order valence-corrected chi connectivity index (χ0v) is 13.8. The van der Waals surface area contributed by atoms with Crippen LogP contribution in [0.15, 0.2) is 29.2 Å². The van der Waals surface area contributed by atoms with Crippen molar-refractivity contribution in [2.45, 2.75) is 49.4 Å². The van der Waals surface area contributed by atoms with E-state index in [1.165, 1.54) is 4.90 Å². The number of carbonyl (C=O) groups excluding carboxylic acids is 1. The fourth-order valence-corrected chi connectivity index (χ4v) is 3.48. The fraction of sp³-hybridized carbons (Fsp3) is 0.562. The summed E-state index contributed by atoms with van der Waals surface area (Å²) in [7, 11) is 0. The van der Waals surface area contributed by atoms with Crippen LogP contribution in [0, 0.1) is 0 Å². The van der Waals surface area contributed by atoms with Crippen LogP contribution in [-0.4, -0.2) is 34.9 Å². The molecule has 2 rings (SSSR count). The highest BCUT2D eigenvalue weighted by Crippen LogP contribution is 2.30. The Labute approximate surface area is 131 Å². The summed E-state index contributed by atoms with van der Waals surface area (Å²) in [6, 6.07) is 7.90. The van der Waals surface area contributed by atoms with Crippen molar-refractivity contribution in [1.29, 1.82) is 0 Å².